The Morgan fingerprint density at radius 3 is 2.90 bits per heavy atom. The second-order valence-electron chi connectivity index (χ2n) is 5.85. The van der Waals surface area contributed by atoms with Gasteiger partial charge in [-0.2, -0.15) is 4.98 Å². The third kappa shape index (κ3) is 2.02. The lowest BCUT2D eigenvalue weighted by molar-refractivity contribution is 0.234. The van der Waals surface area contributed by atoms with E-state index in [-0.39, 0.29) is 5.41 Å². The van der Waals surface area contributed by atoms with Crippen LogP contribution in [0.25, 0.3) is 11.4 Å². The van der Waals surface area contributed by atoms with Crippen molar-refractivity contribution in [1.82, 2.24) is 20.4 Å². The van der Waals surface area contributed by atoms with Gasteiger partial charge in [-0.05, 0) is 37.4 Å². The Morgan fingerprint density at radius 1 is 1.40 bits per heavy atom. The highest BCUT2D eigenvalue weighted by Crippen LogP contribution is 2.37. The molecular formula is C15H20N4O. The normalized spacial score (nSPS) is 22.6. The molecule has 1 unspecified atom stereocenters. The summed E-state index contributed by atoms with van der Waals surface area (Å²) >= 11 is 0. The molecule has 0 aliphatic carbocycles. The molecule has 0 spiro atoms. The highest BCUT2D eigenvalue weighted by Gasteiger charge is 2.43. The van der Waals surface area contributed by atoms with Crippen LogP contribution in [-0.2, 0) is 5.41 Å². The van der Waals surface area contributed by atoms with Gasteiger partial charge in [-0.15, -0.1) is 0 Å². The average molecular weight is 272 g/mol. The number of aryl methyl sites for hydroxylation is 1. The molecule has 2 aromatic rings. The second-order valence-corrected chi connectivity index (χ2v) is 5.85. The van der Waals surface area contributed by atoms with Crippen LogP contribution in [0.15, 0.2) is 23.0 Å². The Kier molecular flexibility index (Phi) is 3.30. The van der Waals surface area contributed by atoms with Crippen molar-refractivity contribution >= 4 is 0 Å². The number of nitrogens with one attached hydrogen (secondary N) is 1. The third-order valence-electron chi connectivity index (χ3n) is 4.43. The van der Waals surface area contributed by atoms with Crippen LogP contribution in [0.4, 0.5) is 0 Å². The quantitative estimate of drug-likeness (QED) is 0.929. The molecule has 2 aromatic heterocycles. The van der Waals surface area contributed by atoms with Crippen LogP contribution < -0.4 is 5.32 Å². The summed E-state index contributed by atoms with van der Waals surface area (Å²) in [5, 5.41) is 7.58. The number of hydrogen-bond donors (Lipinski definition) is 1. The largest absolute Gasteiger partial charge is 0.338 e. The first-order valence-electron chi connectivity index (χ1n) is 7.09. The molecule has 0 bridgehead atoms. The first-order valence-corrected chi connectivity index (χ1v) is 7.09. The van der Waals surface area contributed by atoms with Gasteiger partial charge in [-0.3, -0.25) is 4.98 Å². The van der Waals surface area contributed by atoms with E-state index >= 15 is 0 Å². The van der Waals surface area contributed by atoms with Crippen molar-refractivity contribution in [2.45, 2.75) is 32.6 Å². The van der Waals surface area contributed by atoms with E-state index in [1.807, 2.05) is 13.0 Å². The Morgan fingerprint density at radius 2 is 2.25 bits per heavy atom. The van der Waals surface area contributed by atoms with Gasteiger partial charge < -0.3 is 9.84 Å². The molecule has 5 nitrogen and oxygen atoms in total. The van der Waals surface area contributed by atoms with Crippen molar-refractivity contribution in [3.63, 3.8) is 0 Å². The Bertz CT molecular complexity index is 599. The van der Waals surface area contributed by atoms with Crippen molar-refractivity contribution in [2.24, 2.45) is 5.92 Å². The zero-order valence-corrected chi connectivity index (χ0v) is 12.2. The molecule has 0 radical (unpaired) electrons. The molecule has 20 heavy (non-hydrogen) atoms. The molecule has 0 aromatic carbocycles. The average Bonchev–Trinajstić information content (AvgIpc) is 3.09. The maximum absolute atomic E-state index is 5.59. The Balaban J connectivity index is 2.00. The van der Waals surface area contributed by atoms with Gasteiger partial charge in [0.2, 0.25) is 11.7 Å². The van der Waals surface area contributed by atoms with Crippen LogP contribution in [0.1, 0.15) is 31.7 Å². The van der Waals surface area contributed by atoms with E-state index in [9.17, 15) is 0 Å². The first kappa shape index (κ1) is 13.2. The van der Waals surface area contributed by atoms with Gasteiger partial charge in [-0.1, -0.05) is 19.0 Å². The monoisotopic (exact) mass is 272 g/mol. The predicted molar refractivity (Wildman–Crippen MR) is 76.3 cm³/mol. The van der Waals surface area contributed by atoms with E-state index < -0.39 is 0 Å². The van der Waals surface area contributed by atoms with E-state index in [1.54, 1.807) is 12.4 Å². The molecule has 1 saturated heterocycles. The zero-order chi connectivity index (χ0) is 14.2. The van der Waals surface area contributed by atoms with Crippen molar-refractivity contribution in [1.29, 1.82) is 0 Å². The number of rotatable bonds is 3. The molecule has 106 valence electrons. The van der Waals surface area contributed by atoms with Crippen LogP contribution in [0.3, 0.4) is 0 Å². The smallest absolute Gasteiger partial charge is 0.234 e. The first-order chi connectivity index (χ1) is 9.63. The van der Waals surface area contributed by atoms with E-state index in [4.69, 9.17) is 4.52 Å². The zero-order valence-electron chi connectivity index (χ0n) is 12.2. The molecule has 1 fully saturated rings. The fourth-order valence-corrected chi connectivity index (χ4v) is 2.87. The van der Waals surface area contributed by atoms with Crippen molar-refractivity contribution in [3.05, 3.63) is 29.9 Å². The SMILES string of the molecule is Cc1ccncc1-c1noc(C2(C(C)C)CCNC2)n1. The van der Waals surface area contributed by atoms with Gasteiger partial charge in [0.15, 0.2) is 0 Å². The molecule has 1 aliphatic heterocycles. The van der Waals surface area contributed by atoms with Gasteiger partial charge in [0, 0.05) is 24.5 Å². The lowest BCUT2D eigenvalue weighted by Crippen LogP contribution is -2.35. The van der Waals surface area contributed by atoms with E-state index in [2.05, 4.69) is 34.3 Å². The summed E-state index contributed by atoms with van der Waals surface area (Å²) in [6.07, 6.45) is 4.60. The van der Waals surface area contributed by atoms with Gasteiger partial charge in [0.25, 0.3) is 0 Å². The Hall–Kier alpha value is -1.75. The van der Waals surface area contributed by atoms with Crippen LogP contribution in [0, 0.1) is 12.8 Å². The molecule has 5 heteroatoms. The fourth-order valence-electron chi connectivity index (χ4n) is 2.87. The predicted octanol–water partition coefficient (Wildman–Crippen LogP) is 2.33. The highest BCUT2D eigenvalue weighted by molar-refractivity contribution is 5.57. The molecule has 3 rings (SSSR count). The van der Waals surface area contributed by atoms with E-state index in [0.717, 1.165) is 36.5 Å². The molecular weight excluding hydrogens is 252 g/mol. The number of hydrogen-bond acceptors (Lipinski definition) is 5. The summed E-state index contributed by atoms with van der Waals surface area (Å²) in [6, 6.07) is 1.96. The minimum absolute atomic E-state index is 0.0403. The molecule has 1 atom stereocenters. The molecule has 1 N–H and O–H groups in total. The van der Waals surface area contributed by atoms with Gasteiger partial charge in [0.05, 0.1) is 5.41 Å². The minimum atomic E-state index is -0.0403. The number of pyridine rings is 1. The lowest BCUT2D eigenvalue weighted by Gasteiger charge is -2.28. The molecule has 1 aliphatic rings. The summed E-state index contributed by atoms with van der Waals surface area (Å²) < 4.78 is 5.59. The summed E-state index contributed by atoms with van der Waals surface area (Å²) in [4.78, 5) is 8.81. The maximum atomic E-state index is 5.59. The van der Waals surface area contributed by atoms with E-state index in [0.29, 0.717) is 11.7 Å². The van der Waals surface area contributed by atoms with Crippen molar-refractivity contribution in [3.8, 4) is 11.4 Å². The highest BCUT2D eigenvalue weighted by atomic mass is 16.5. The van der Waals surface area contributed by atoms with Crippen LogP contribution in [0.5, 0.6) is 0 Å². The van der Waals surface area contributed by atoms with Crippen LogP contribution in [-0.4, -0.2) is 28.2 Å². The Labute approximate surface area is 118 Å². The molecule has 0 amide bonds. The minimum Gasteiger partial charge on any atom is -0.338 e. The van der Waals surface area contributed by atoms with Crippen LogP contribution in [0.2, 0.25) is 0 Å². The standard InChI is InChI=1S/C15H20N4O/c1-10(2)15(5-7-17-9-15)14-18-13(19-20-14)12-8-16-6-4-11(12)3/h4,6,8,10,17H,5,7,9H2,1-3H3. The van der Waals surface area contributed by atoms with Gasteiger partial charge in [-0.25, -0.2) is 0 Å². The number of aromatic nitrogens is 3. The van der Waals surface area contributed by atoms with Crippen molar-refractivity contribution < 1.29 is 4.52 Å². The summed E-state index contributed by atoms with van der Waals surface area (Å²) in [6.45, 7) is 8.36. The fraction of sp³-hybridized carbons (Fsp3) is 0.533. The van der Waals surface area contributed by atoms with Gasteiger partial charge >= 0.3 is 0 Å². The topological polar surface area (TPSA) is 63.8 Å². The van der Waals surface area contributed by atoms with Gasteiger partial charge in [0.1, 0.15) is 0 Å². The summed E-state index contributed by atoms with van der Waals surface area (Å²) in [5.74, 6) is 1.84. The van der Waals surface area contributed by atoms with E-state index in [1.165, 1.54) is 0 Å². The van der Waals surface area contributed by atoms with Crippen molar-refractivity contribution in [2.75, 3.05) is 13.1 Å². The third-order valence-corrected chi connectivity index (χ3v) is 4.43. The number of nitrogens with zero attached hydrogens (tertiary/aromatic N) is 3. The summed E-state index contributed by atoms with van der Waals surface area (Å²) in [7, 11) is 0. The molecule has 0 saturated carbocycles. The molecule has 3 heterocycles. The lowest BCUT2D eigenvalue weighted by atomic mass is 9.76. The second kappa shape index (κ2) is 4.98. The summed E-state index contributed by atoms with van der Waals surface area (Å²) in [5.41, 5.74) is 2.00. The van der Waals surface area contributed by atoms with Crippen LogP contribution >= 0.6 is 0 Å². The maximum Gasteiger partial charge on any atom is 0.234 e.